The van der Waals surface area contributed by atoms with Crippen molar-refractivity contribution in [3.8, 4) is 11.5 Å². The maximum absolute atomic E-state index is 10.0. The van der Waals surface area contributed by atoms with E-state index in [9.17, 15) is 5.11 Å². The van der Waals surface area contributed by atoms with E-state index in [0.717, 1.165) is 10.2 Å². The fourth-order valence-electron chi connectivity index (χ4n) is 1.69. The van der Waals surface area contributed by atoms with E-state index >= 15 is 0 Å². The molecule has 0 bridgehead atoms. The summed E-state index contributed by atoms with van der Waals surface area (Å²) in [5.74, 6) is 0.374. The van der Waals surface area contributed by atoms with Gasteiger partial charge in [0.2, 0.25) is 0 Å². The molecule has 0 aliphatic carbocycles. The highest BCUT2D eigenvalue weighted by Crippen LogP contribution is 2.32. The van der Waals surface area contributed by atoms with Gasteiger partial charge in [-0.3, -0.25) is 5.43 Å². The minimum atomic E-state index is 0.0122. The van der Waals surface area contributed by atoms with Crippen molar-refractivity contribution in [2.24, 2.45) is 5.10 Å². The molecule has 2 aromatic rings. The number of aromatic hydroxyl groups is 1. The van der Waals surface area contributed by atoms with Crippen molar-refractivity contribution in [1.29, 1.82) is 0 Å². The molecule has 7 heteroatoms. The lowest BCUT2D eigenvalue weighted by molar-refractivity contribution is 0.373. The molecular weight excluding hydrogens is 366 g/mol. The zero-order chi connectivity index (χ0) is 15.9. The lowest BCUT2D eigenvalue weighted by Gasteiger charge is -2.08. The van der Waals surface area contributed by atoms with Gasteiger partial charge in [-0.25, -0.2) is 0 Å². The Bertz CT molecular complexity index is 693. The van der Waals surface area contributed by atoms with Gasteiger partial charge in [0, 0.05) is 15.7 Å². The van der Waals surface area contributed by atoms with Gasteiger partial charge in [-0.05, 0) is 36.5 Å². The van der Waals surface area contributed by atoms with Crippen molar-refractivity contribution in [2.45, 2.75) is 0 Å². The number of rotatable bonds is 4. The normalized spacial score (nSPS) is 10.5. The van der Waals surface area contributed by atoms with Crippen LogP contribution in [0, 0.1) is 0 Å². The molecule has 0 aliphatic rings. The number of methoxy groups -OCH3 is 1. The van der Waals surface area contributed by atoms with Crippen LogP contribution in [0.3, 0.4) is 0 Å². The molecule has 0 aromatic heterocycles. The Morgan fingerprint density at radius 2 is 2.05 bits per heavy atom. The quantitative estimate of drug-likeness (QED) is 0.431. The highest BCUT2D eigenvalue weighted by atomic mass is 79.9. The van der Waals surface area contributed by atoms with Crippen molar-refractivity contribution in [1.82, 2.24) is 5.43 Å². The first-order valence-corrected chi connectivity index (χ1v) is 7.52. The van der Waals surface area contributed by atoms with Crippen molar-refractivity contribution < 1.29 is 9.84 Å². The Labute approximate surface area is 142 Å². The summed E-state index contributed by atoms with van der Waals surface area (Å²) in [4.78, 5) is 0. The minimum absolute atomic E-state index is 0.0122. The SMILES string of the molecule is COc1cc(Br)cc(C=NNC(=S)Nc2ccccc2)c1O. The molecule has 22 heavy (non-hydrogen) atoms. The molecule has 2 rings (SSSR count). The van der Waals surface area contributed by atoms with Crippen LogP contribution in [0.1, 0.15) is 5.56 Å². The van der Waals surface area contributed by atoms with Crippen LogP contribution in [0.2, 0.25) is 0 Å². The molecule has 0 heterocycles. The smallest absolute Gasteiger partial charge is 0.191 e. The molecular formula is C15H14BrN3O2S. The van der Waals surface area contributed by atoms with Crippen LogP contribution in [0.5, 0.6) is 11.5 Å². The lowest BCUT2D eigenvalue weighted by atomic mass is 10.2. The van der Waals surface area contributed by atoms with Gasteiger partial charge >= 0.3 is 0 Å². The molecule has 3 N–H and O–H groups in total. The maximum Gasteiger partial charge on any atom is 0.191 e. The summed E-state index contributed by atoms with van der Waals surface area (Å²) < 4.78 is 5.84. The van der Waals surface area contributed by atoms with Gasteiger partial charge in [-0.1, -0.05) is 34.1 Å². The summed E-state index contributed by atoms with van der Waals surface area (Å²) in [5.41, 5.74) is 4.05. The number of benzene rings is 2. The third kappa shape index (κ3) is 4.44. The molecule has 0 unspecified atom stereocenters. The van der Waals surface area contributed by atoms with Crippen molar-refractivity contribution in [2.75, 3.05) is 12.4 Å². The number of hydrogen-bond donors (Lipinski definition) is 3. The number of anilines is 1. The Morgan fingerprint density at radius 1 is 1.32 bits per heavy atom. The van der Waals surface area contributed by atoms with E-state index < -0.39 is 0 Å². The van der Waals surface area contributed by atoms with Crippen LogP contribution in [0.25, 0.3) is 0 Å². The molecule has 0 fully saturated rings. The maximum atomic E-state index is 10.0. The van der Waals surface area contributed by atoms with E-state index in [-0.39, 0.29) is 5.75 Å². The number of hydrogen-bond acceptors (Lipinski definition) is 4. The van der Waals surface area contributed by atoms with Gasteiger partial charge in [0.1, 0.15) is 0 Å². The van der Waals surface area contributed by atoms with E-state index in [1.54, 1.807) is 12.1 Å². The molecule has 114 valence electrons. The molecule has 2 aromatic carbocycles. The second kappa shape index (κ2) is 7.77. The number of nitrogens with one attached hydrogen (secondary N) is 2. The highest BCUT2D eigenvalue weighted by molar-refractivity contribution is 9.10. The number of para-hydroxylation sites is 1. The average molecular weight is 380 g/mol. The fourth-order valence-corrected chi connectivity index (χ4v) is 2.31. The molecule has 0 radical (unpaired) electrons. The summed E-state index contributed by atoms with van der Waals surface area (Å²) in [6.07, 6.45) is 1.46. The monoisotopic (exact) mass is 379 g/mol. The average Bonchev–Trinajstić information content (AvgIpc) is 2.51. The van der Waals surface area contributed by atoms with Crippen LogP contribution < -0.4 is 15.5 Å². The van der Waals surface area contributed by atoms with E-state index in [1.165, 1.54) is 13.3 Å². The summed E-state index contributed by atoms with van der Waals surface area (Å²) in [6, 6.07) is 12.9. The molecule has 0 spiro atoms. The van der Waals surface area contributed by atoms with E-state index in [4.69, 9.17) is 17.0 Å². The summed E-state index contributed by atoms with van der Waals surface area (Å²) >= 11 is 8.47. The second-order valence-electron chi connectivity index (χ2n) is 4.24. The third-order valence-corrected chi connectivity index (χ3v) is 3.34. The van der Waals surface area contributed by atoms with E-state index in [0.29, 0.717) is 16.4 Å². The van der Waals surface area contributed by atoms with Gasteiger partial charge in [-0.15, -0.1) is 0 Å². The lowest BCUT2D eigenvalue weighted by Crippen LogP contribution is -2.23. The van der Waals surface area contributed by atoms with E-state index in [2.05, 4.69) is 31.8 Å². The van der Waals surface area contributed by atoms with Crippen LogP contribution in [0.15, 0.2) is 52.0 Å². The number of phenolic OH excluding ortho intramolecular Hbond substituents is 1. The predicted molar refractivity (Wildman–Crippen MR) is 95.8 cm³/mol. The Morgan fingerprint density at radius 3 is 2.73 bits per heavy atom. The number of halogens is 1. The Hall–Kier alpha value is -2.12. The topological polar surface area (TPSA) is 65.9 Å². The van der Waals surface area contributed by atoms with Crippen LogP contribution >= 0.6 is 28.1 Å². The van der Waals surface area contributed by atoms with Crippen molar-refractivity contribution in [3.63, 3.8) is 0 Å². The van der Waals surface area contributed by atoms with Gasteiger partial charge in [0.15, 0.2) is 16.6 Å². The molecule has 0 saturated heterocycles. The number of thiocarbonyl (C=S) groups is 1. The Balaban J connectivity index is 2.01. The highest BCUT2D eigenvalue weighted by Gasteiger charge is 2.08. The van der Waals surface area contributed by atoms with Crippen LogP contribution in [-0.4, -0.2) is 23.5 Å². The largest absolute Gasteiger partial charge is 0.504 e. The van der Waals surface area contributed by atoms with Gasteiger partial charge in [-0.2, -0.15) is 5.10 Å². The second-order valence-corrected chi connectivity index (χ2v) is 5.56. The Kier molecular flexibility index (Phi) is 5.74. The first-order valence-electron chi connectivity index (χ1n) is 6.31. The van der Waals surface area contributed by atoms with E-state index in [1.807, 2.05) is 30.3 Å². The number of phenols is 1. The van der Waals surface area contributed by atoms with Crippen LogP contribution in [-0.2, 0) is 0 Å². The molecule has 5 nitrogen and oxygen atoms in total. The van der Waals surface area contributed by atoms with Gasteiger partial charge < -0.3 is 15.2 Å². The molecule has 0 amide bonds. The standard InChI is InChI=1S/C15H14BrN3O2S/c1-21-13-8-11(16)7-10(14(13)20)9-17-19-15(22)18-12-5-3-2-4-6-12/h2-9,20H,1H3,(H2,18,19,22). The fraction of sp³-hybridized carbons (Fsp3) is 0.0667. The van der Waals surface area contributed by atoms with Crippen molar-refractivity contribution >= 4 is 45.2 Å². The zero-order valence-corrected chi connectivity index (χ0v) is 14.1. The van der Waals surface area contributed by atoms with Gasteiger partial charge in [0.25, 0.3) is 0 Å². The molecule has 0 saturated carbocycles. The molecule has 0 aliphatic heterocycles. The third-order valence-electron chi connectivity index (χ3n) is 2.69. The number of ether oxygens (including phenoxy) is 1. The summed E-state index contributed by atoms with van der Waals surface area (Å²) in [5, 5.41) is 17.3. The van der Waals surface area contributed by atoms with Crippen molar-refractivity contribution in [3.05, 3.63) is 52.5 Å². The minimum Gasteiger partial charge on any atom is -0.504 e. The first-order chi connectivity index (χ1) is 10.6. The van der Waals surface area contributed by atoms with Crippen LogP contribution in [0.4, 0.5) is 5.69 Å². The first kappa shape index (κ1) is 16.3. The zero-order valence-electron chi connectivity index (χ0n) is 11.7. The number of nitrogens with zero attached hydrogens (tertiary/aromatic N) is 1. The molecule has 0 atom stereocenters. The predicted octanol–water partition coefficient (Wildman–Crippen LogP) is 3.48. The number of hydrazone groups is 1. The summed E-state index contributed by atoms with van der Waals surface area (Å²) in [6.45, 7) is 0. The van der Waals surface area contributed by atoms with Gasteiger partial charge in [0.05, 0.1) is 13.3 Å². The summed E-state index contributed by atoms with van der Waals surface area (Å²) in [7, 11) is 1.49.